The fourth-order valence-electron chi connectivity index (χ4n) is 3.04. The van der Waals surface area contributed by atoms with E-state index in [1.165, 1.54) is 0 Å². The van der Waals surface area contributed by atoms with Gasteiger partial charge in [0.25, 0.3) is 0 Å². The molecular formula is C21H14BrNO2. The van der Waals surface area contributed by atoms with Crippen molar-refractivity contribution < 1.29 is 9.21 Å². The fraction of sp³-hybridized carbons (Fsp3) is 0. The molecule has 0 fully saturated rings. The second kappa shape index (κ2) is 6.22. The maximum atomic E-state index is 13.0. The van der Waals surface area contributed by atoms with Crippen LogP contribution in [0.1, 0.15) is 15.9 Å². The van der Waals surface area contributed by atoms with E-state index >= 15 is 0 Å². The standard InChI is InChI=1S/C21H14BrNO2/c22-16-11-6-12-17-19(16)18(21(23)25-17)14-9-4-5-10-15(14)20(24)13-7-2-1-3-8-13/h1-12H,23H2. The normalized spacial score (nSPS) is 10.9. The van der Waals surface area contributed by atoms with E-state index < -0.39 is 0 Å². The quantitative estimate of drug-likeness (QED) is 0.457. The summed E-state index contributed by atoms with van der Waals surface area (Å²) in [4.78, 5) is 13.0. The monoisotopic (exact) mass is 391 g/mol. The Balaban J connectivity index is 1.97. The Morgan fingerprint density at radius 1 is 0.880 bits per heavy atom. The summed E-state index contributed by atoms with van der Waals surface area (Å²) >= 11 is 3.56. The number of hydrogen-bond donors (Lipinski definition) is 1. The van der Waals surface area contributed by atoms with Crippen LogP contribution in [0.2, 0.25) is 0 Å². The minimum absolute atomic E-state index is 0.0444. The molecule has 1 aromatic heterocycles. The van der Waals surface area contributed by atoms with Gasteiger partial charge in [0.1, 0.15) is 5.58 Å². The number of rotatable bonds is 3. The van der Waals surface area contributed by atoms with Crippen molar-refractivity contribution in [2.24, 2.45) is 0 Å². The lowest BCUT2D eigenvalue weighted by molar-refractivity contribution is 0.103. The number of halogens is 1. The minimum atomic E-state index is -0.0444. The molecule has 0 amide bonds. The molecular weight excluding hydrogens is 378 g/mol. The summed E-state index contributed by atoms with van der Waals surface area (Å²) in [6, 6.07) is 22.4. The predicted molar refractivity (Wildman–Crippen MR) is 104 cm³/mol. The average molecular weight is 392 g/mol. The summed E-state index contributed by atoms with van der Waals surface area (Å²) in [5.74, 6) is 0.257. The van der Waals surface area contributed by atoms with Gasteiger partial charge >= 0.3 is 0 Å². The van der Waals surface area contributed by atoms with Gasteiger partial charge in [0.2, 0.25) is 0 Å². The second-order valence-corrected chi connectivity index (χ2v) is 6.55. The molecule has 1 heterocycles. The highest BCUT2D eigenvalue weighted by atomic mass is 79.9. The molecule has 0 bridgehead atoms. The van der Waals surface area contributed by atoms with E-state index in [1.54, 1.807) is 0 Å². The van der Waals surface area contributed by atoms with Crippen molar-refractivity contribution in [3.8, 4) is 11.1 Å². The Morgan fingerprint density at radius 2 is 1.60 bits per heavy atom. The zero-order chi connectivity index (χ0) is 17.4. The van der Waals surface area contributed by atoms with Crippen molar-refractivity contribution >= 4 is 38.6 Å². The molecule has 0 aliphatic rings. The van der Waals surface area contributed by atoms with E-state index in [9.17, 15) is 4.79 Å². The van der Waals surface area contributed by atoms with E-state index in [0.29, 0.717) is 22.6 Å². The van der Waals surface area contributed by atoms with Crippen LogP contribution in [0.4, 0.5) is 5.88 Å². The molecule has 2 N–H and O–H groups in total. The largest absolute Gasteiger partial charge is 0.440 e. The van der Waals surface area contributed by atoms with Gasteiger partial charge in [-0.15, -0.1) is 0 Å². The van der Waals surface area contributed by atoms with E-state index in [1.807, 2.05) is 72.8 Å². The molecule has 0 saturated carbocycles. The van der Waals surface area contributed by atoms with Gasteiger partial charge in [-0.1, -0.05) is 76.6 Å². The van der Waals surface area contributed by atoms with Crippen LogP contribution in [0.25, 0.3) is 22.1 Å². The highest BCUT2D eigenvalue weighted by Gasteiger charge is 2.21. The lowest BCUT2D eigenvalue weighted by atomic mass is 9.93. The van der Waals surface area contributed by atoms with Crippen LogP contribution in [0, 0.1) is 0 Å². The lowest BCUT2D eigenvalue weighted by Gasteiger charge is -2.09. The van der Waals surface area contributed by atoms with E-state index in [2.05, 4.69) is 15.9 Å². The van der Waals surface area contributed by atoms with Crippen molar-refractivity contribution in [2.45, 2.75) is 0 Å². The van der Waals surface area contributed by atoms with Crippen molar-refractivity contribution in [1.29, 1.82) is 0 Å². The van der Waals surface area contributed by atoms with Gasteiger partial charge in [0.15, 0.2) is 11.7 Å². The Kier molecular flexibility index (Phi) is 3.90. The molecule has 4 rings (SSSR count). The molecule has 0 spiro atoms. The maximum absolute atomic E-state index is 13.0. The van der Waals surface area contributed by atoms with Gasteiger partial charge < -0.3 is 10.2 Å². The summed E-state index contributed by atoms with van der Waals surface area (Å²) in [7, 11) is 0. The third-order valence-electron chi connectivity index (χ3n) is 4.17. The minimum Gasteiger partial charge on any atom is -0.440 e. The molecule has 0 saturated heterocycles. The first-order valence-electron chi connectivity index (χ1n) is 7.82. The van der Waals surface area contributed by atoms with E-state index in [0.717, 1.165) is 21.0 Å². The number of benzene rings is 3. The maximum Gasteiger partial charge on any atom is 0.199 e. The number of anilines is 1. The zero-order valence-corrected chi connectivity index (χ0v) is 14.8. The van der Waals surface area contributed by atoms with E-state index in [-0.39, 0.29) is 5.78 Å². The molecule has 0 unspecified atom stereocenters. The number of nitrogen functional groups attached to an aromatic ring is 1. The van der Waals surface area contributed by atoms with Crippen molar-refractivity contribution in [3.05, 3.63) is 88.4 Å². The Labute approximate surface area is 153 Å². The van der Waals surface area contributed by atoms with Crippen molar-refractivity contribution in [3.63, 3.8) is 0 Å². The van der Waals surface area contributed by atoms with Crippen LogP contribution in [0.3, 0.4) is 0 Å². The van der Waals surface area contributed by atoms with Crippen LogP contribution in [0.15, 0.2) is 81.7 Å². The number of ketones is 1. The van der Waals surface area contributed by atoms with Gasteiger partial charge in [0, 0.05) is 21.0 Å². The molecule has 0 aliphatic heterocycles. The average Bonchev–Trinajstić information content (AvgIpc) is 2.99. The van der Waals surface area contributed by atoms with Crippen LogP contribution < -0.4 is 5.73 Å². The summed E-state index contributed by atoms with van der Waals surface area (Å²) in [6.45, 7) is 0. The molecule has 4 heteroatoms. The number of carbonyl (C=O) groups is 1. The van der Waals surface area contributed by atoms with Gasteiger partial charge in [-0.25, -0.2) is 0 Å². The zero-order valence-electron chi connectivity index (χ0n) is 13.2. The van der Waals surface area contributed by atoms with Crippen LogP contribution in [0.5, 0.6) is 0 Å². The first kappa shape index (κ1) is 15.7. The van der Waals surface area contributed by atoms with Crippen molar-refractivity contribution in [1.82, 2.24) is 0 Å². The predicted octanol–water partition coefficient (Wildman–Crippen LogP) is 5.68. The SMILES string of the molecule is Nc1oc2cccc(Br)c2c1-c1ccccc1C(=O)c1ccccc1. The fourth-order valence-corrected chi connectivity index (χ4v) is 3.58. The van der Waals surface area contributed by atoms with Gasteiger partial charge in [0.05, 0.1) is 5.56 Å². The Morgan fingerprint density at radius 3 is 2.40 bits per heavy atom. The Hall–Kier alpha value is -2.85. The molecule has 0 radical (unpaired) electrons. The smallest absolute Gasteiger partial charge is 0.199 e. The van der Waals surface area contributed by atoms with Gasteiger partial charge in [-0.3, -0.25) is 4.79 Å². The topological polar surface area (TPSA) is 56.2 Å². The van der Waals surface area contributed by atoms with E-state index in [4.69, 9.17) is 10.2 Å². The molecule has 0 aliphatic carbocycles. The third-order valence-corrected chi connectivity index (χ3v) is 4.83. The number of carbonyl (C=O) groups excluding carboxylic acids is 1. The highest BCUT2D eigenvalue weighted by molar-refractivity contribution is 9.10. The first-order valence-corrected chi connectivity index (χ1v) is 8.62. The van der Waals surface area contributed by atoms with Crippen LogP contribution in [-0.2, 0) is 0 Å². The Bertz CT molecular complexity index is 1080. The number of fused-ring (bicyclic) bond motifs is 1. The second-order valence-electron chi connectivity index (χ2n) is 5.70. The summed E-state index contributed by atoms with van der Waals surface area (Å²) in [5.41, 5.74) is 9.58. The summed E-state index contributed by atoms with van der Waals surface area (Å²) in [6.07, 6.45) is 0. The van der Waals surface area contributed by atoms with Gasteiger partial charge in [-0.05, 0) is 17.7 Å². The van der Waals surface area contributed by atoms with Gasteiger partial charge in [-0.2, -0.15) is 0 Å². The first-order chi connectivity index (χ1) is 12.2. The molecule has 3 aromatic carbocycles. The van der Waals surface area contributed by atoms with Crippen LogP contribution in [-0.4, -0.2) is 5.78 Å². The summed E-state index contributed by atoms with van der Waals surface area (Å²) < 4.78 is 6.59. The third kappa shape index (κ3) is 2.65. The van der Waals surface area contributed by atoms with Crippen LogP contribution >= 0.6 is 15.9 Å². The molecule has 0 atom stereocenters. The molecule has 25 heavy (non-hydrogen) atoms. The number of furan rings is 1. The molecule has 4 aromatic rings. The summed E-state index contributed by atoms with van der Waals surface area (Å²) in [5, 5.41) is 0.869. The lowest BCUT2D eigenvalue weighted by Crippen LogP contribution is -2.03. The number of nitrogens with two attached hydrogens (primary N) is 1. The molecule has 3 nitrogen and oxygen atoms in total. The van der Waals surface area contributed by atoms with Crippen molar-refractivity contribution in [2.75, 3.05) is 5.73 Å². The highest BCUT2D eigenvalue weighted by Crippen LogP contribution is 2.42. The number of hydrogen-bond acceptors (Lipinski definition) is 3. The molecule has 122 valence electrons.